The Morgan fingerprint density at radius 2 is 2.35 bits per heavy atom. The normalized spacial score (nSPS) is 20.2. The predicted molar refractivity (Wildman–Crippen MR) is 76.8 cm³/mol. The summed E-state index contributed by atoms with van der Waals surface area (Å²) >= 11 is 1.87. The second-order valence-corrected chi connectivity index (χ2v) is 5.92. The molecule has 1 aliphatic rings. The van der Waals surface area contributed by atoms with Crippen molar-refractivity contribution in [2.24, 2.45) is 0 Å². The van der Waals surface area contributed by atoms with E-state index in [2.05, 4.69) is 15.0 Å². The molecule has 2 heterocycles. The highest BCUT2D eigenvalue weighted by molar-refractivity contribution is 7.99. The molecule has 1 aromatic heterocycles. The molecule has 5 nitrogen and oxygen atoms in total. The van der Waals surface area contributed by atoms with Gasteiger partial charge in [0.05, 0.1) is 11.7 Å². The van der Waals surface area contributed by atoms with Crippen LogP contribution in [0.3, 0.4) is 0 Å². The number of nitrogen functional groups attached to an aromatic ring is 1. The molecule has 106 valence electrons. The summed E-state index contributed by atoms with van der Waals surface area (Å²) in [4.78, 5) is 6.59. The van der Waals surface area contributed by atoms with Gasteiger partial charge < -0.3 is 10.3 Å². The topological polar surface area (TPSA) is 68.2 Å². The average molecular weight is 294 g/mol. The number of benzene rings is 1. The van der Waals surface area contributed by atoms with Crippen molar-refractivity contribution >= 4 is 17.4 Å². The number of halogens is 1. The molecule has 1 aromatic carbocycles. The van der Waals surface area contributed by atoms with E-state index < -0.39 is 5.82 Å². The Bertz CT molecular complexity index is 618. The van der Waals surface area contributed by atoms with Gasteiger partial charge in [-0.15, -0.1) is 0 Å². The Labute approximate surface area is 120 Å². The molecule has 1 saturated heterocycles. The van der Waals surface area contributed by atoms with Crippen LogP contribution in [0.2, 0.25) is 0 Å². The van der Waals surface area contributed by atoms with Crippen LogP contribution in [0.25, 0.3) is 11.5 Å². The zero-order valence-corrected chi connectivity index (χ0v) is 11.9. The lowest BCUT2D eigenvalue weighted by molar-refractivity contribution is 0.257. The third-order valence-electron chi connectivity index (χ3n) is 3.38. The van der Waals surface area contributed by atoms with Crippen molar-refractivity contribution in [3.05, 3.63) is 29.8 Å². The minimum absolute atomic E-state index is 0.108. The van der Waals surface area contributed by atoms with Crippen molar-refractivity contribution in [1.82, 2.24) is 15.0 Å². The lowest BCUT2D eigenvalue weighted by atomic mass is 10.2. The van der Waals surface area contributed by atoms with Gasteiger partial charge in [0.1, 0.15) is 5.82 Å². The molecule has 0 spiro atoms. The first-order valence-corrected chi connectivity index (χ1v) is 7.47. The SMILES string of the molecule is CN1CCSCC1c1noc(-c2ccc(N)c(F)c2)n1. The van der Waals surface area contributed by atoms with Crippen molar-refractivity contribution in [3.8, 4) is 11.5 Å². The van der Waals surface area contributed by atoms with Gasteiger partial charge in [-0.25, -0.2) is 4.39 Å². The van der Waals surface area contributed by atoms with E-state index in [0.717, 1.165) is 18.1 Å². The smallest absolute Gasteiger partial charge is 0.258 e. The van der Waals surface area contributed by atoms with E-state index in [-0.39, 0.29) is 11.7 Å². The van der Waals surface area contributed by atoms with E-state index in [1.165, 1.54) is 12.1 Å². The van der Waals surface area contributed by atoms with Gasteiger partial charge in [-0.3, -0.25) is 4.90 Å². The zero-order valence-electron chi connectivity index (χ0n) is 11.0. The van der Waals surface area contributed by atoms with Crippen molar-refractivity contribution in [1.29, 1.82) is 0 Å². The molecular formula is C13H15FN4OS. The Balaban J connectivity index is 1.87. The number of hydrogen-bond acceptors (Lipinski definition) is 6. The summed E-state index contributed by atoms with van der Waals surface area (Å²) in [7, 11) is 2.04. The van der Waals surface area contributed by atoms with Crippen LogP contribution in [0.4, 0.5) is 10.1 Å². The minimum Gasteiger partial charge on any atom is -0.396 e. The molecule has 3 rings (SSSR count). The maximum Gasteiger partial charge on any atom is 0.258 e. The lowest BCUT2D eigenvalue weighted by Gasteiger charge is -2.29. The van der Waals surface area contributed by atoms with Crippen molar-refractivity contribution in [3.63, 3.8) is 0 Å². The Morgan fingerprint density at radius 3 is 3.10 bits per heavy atom. The van der Waals surface area contributed by atoms with Gasteiger partial charge in [-0.1, -0.05) is 5.16 Å². The van der Waals surface area contributed by atoms with E-state index in [1.807, 2.05) is 18.8 Å². The maximum absolute atomic E-state index is 13.5. The number of nitrogens with two attached hydrogens (primary N) is 1. The summed E-state index contributed by atoms with van der Waals surface area (Å²) in [5, 5.41) is 4.02. The molecule has 20 heavy (non-hydrogen) atoms. The summed E-state index contributed by atoms with van der Waals surface area (Å²) in [5.41, 5.74) is 6.11. The van der Waals surface area contributed by atoms with Crippen LogP contribution >= 0.6 is 11.8 Å². The minimum atomic E-state index is -0.479. The molecule has 7 heteroatoms. The van der Waals surface area contributed by atoms with Gasteiger partial charge in [0.15, 0.2) is 5.82 Å². The molecule has 1 fully saturated rings. The van der Waals surface area contributed by atoms with E-state index in [1.54, 1.807) is 6.07 Å². The number of rotatable bonds is 2. The van der Waals surface area contributed by atoms with E-state index in [9.17, 15) is 4.39 Å². The Hall–Kier alpha value is -1.60. The van der Waals surface area contributed by atoms with Crippen LogP contribution < -0.4 is 5.73 Å². The third-order valence-corrected chi connectivity index (χ3v) is 4.41. The van der Waals surface area contributed by atoms with Crippen LogP contribution in [-0.2, 0) is 0 Å². The summed E-state index contributed by atoms with van der Waals surface area (Å²) < 4.78 is 18.7. The maximum atomic E-state index is 13.5. The van der Waals surface area contributed by atoms with E-state index in [0.29, 0.717) is 17.3 Å². The molecule has 2 N–H and O–H groups in total. The summed E-state index contributed by atoms with van der Waals surface area (Å²) in [6.07, 6.45) is 0. The molecule has 0 radical (unpaired) electrons. The summed E-state index contributed by atoms with van der Waals surface area (Å²) in [5.74, 6) is 2.54. The molecule has 1 aliphatic heterocycles. The first-order valence-electron chi connectivity index (χ1n) is 6.32. The van der Waals surface area contributed by atoms with E-state index in [4.69, 9.17) is 10.3 Å². The van der Waals surface area contributed by atoms with Crippen LogP contribution in [0.5, 0.6) is 0 Å². The molecule has 0 aliphatic carbocycles. The van der Waals surface area contributed by atoms with Gasteiger partial charge in [0.25, 0.3) is 5.89 Å². The first kappa shape index (κ1) is 13.4. The molecule has 0 amide bonds. The third kappa shape index (κ3) is 2.51. The Morgan fingerprint density at radius 1 is 1.50 bits per heavy atom. The largest absolute Gasteiger partial charge is 0.396 e. The molecule has 1 atom stereocenters. The fourth-order valence-corrected chi connectivity index (χ4v) is 3.32. The van der Waals surface area contributed by atoms with Crippen LogP contribution in [0, 0.1) is 5.82 Å². The van der Waals surface area contributed by atoms with Gasteiger partial charge >= 0.3 is 0 Å². The second kappa shape index (κ2) is 5.41. The number of hydrogen-bond donors (Lipinski definition) is 1. The monoisotopic (exact) mass is 294 g/mol. The number of aromatic nitrogens is 2. The number of nitrogens with zero attached hydrogens (tertiary/aromatic N) is 3. The summed E-state index contributed by atoms with van der Waals surface area (Å²) in [6, 6.07) is 4.63. The highest BCUT2D eigenvalue weighted by atomic mass is 32.2. The van der Waals surface area contributed by atoms with Crippen LogP contribution in [0.15, 0.2) is 22.7 Å². The van der Waals surface area contributed by atoms with Gasteiger partial charge in [0, 0.05) is 23.6 Å². The van der Waals surface area contributed by atoms with Crippen molar-refractivity contribution in [2.75, 3.05) is 30.8 Å². The first-order chi connectivity index (χ1) is 9.65. The number of thioether (sulfide) groups is 1. The second-order valence-electron chi connectivity index (χ2n) is 4.77. The quantitative estimate of drug-likeness (QED) is 0.856. The van der Waals surface area contributed by atoms with Crippen molar-refractivity contribution < 1.29 is 8.91 Å². The van der Waals surface area contributed by atoms with Crippen LogP contribution in [0.1, 0.15) is 11.9 Å². The fourth-order valence-electron chi connectivity index (χ4n) is 2.11. The molecule has 0 saturated carbocycles. The Kier molecular flexibility index (Phi) is 3.62. The average Bonchev–Trinajstić information content (AvgIpc) is 2.92. The predicted octanol–water partition coefficient (Wildman–Crippen LogP) is 2.18. The van der Waals surface area contributed by atoms with Crippen LogP contribution in [-0.4, -0.2) is 40.1 Å². The van der Waals surface area contributed by atoms with Gasteiger partial charge in [-0.2, -0.15) is 16.7 Å². The fraction of sp³-hybridized carbons (Fsp3) is 0.385. The molecular weight excluding hydrogens is 279 g/mol. The highest BCUT2D eigenvalue weighted by Crippen LogP contribution is 2.28. The van der Waals surface area contributed by atoms with Crippen molar-refractivity contribution in [2.45, 2.75) is 6.04 Å². The van der Waals surface area contributed by atoms with Gasteiger partial charge in [0.2, 0.25) is 0 Å². The molecule has 0 bridgehead atoms. The zero-order chi connectivity index (χ0) is 14.1. The summed E-state index contributed by atoms with van der Waals surface area (Å²) in [6.45, 7) is 0.996. The lowest BCUT2D eigenvalue weighted by Crippen LogP contribution is -2.33. The molecule has 1 unspecified atom stereocenters. The standard InChI is InChI=1S/C13H15FN4OS/c1-18-4-5-20-7-11(18)12-16-13(19-17-12)8-2-3-10(15)9(14)6-8/h2-3,6,11H,4-5,7,15H2,1H3. The number of anilines is 1. The highest BCUT2D eigenvalue weighted by Gasteiger charge is 2.26. The van der Waals surface area contributed by atoms with Gasteiger partial charge in [-0.05, 0) is 25.2 Å². The van der Waals surface area contributed by atoms with E-state index >= 15 is 0 Å². The molecule has 2 aromatic rings.